The lowest BCUT2D eigenvalue weighted by atomic mass is 10.0. The zero-order valence-electron chi connectivity index (χ0n) is 14.9. The van der Waals surface area contributed by atoms with Gasteiger partial charge in [-0.25, -0.2) is 0 Å². The van der Waals surface area contributed by atoms with Crippen molar-refractivity contribution in [1.82, 2.24) is 10.6 Å². The number of benzene rings is 2. The molecular formula is C20H23IN2O3. The minimum Gasteiger partial charge on any atom is -0.492 e. The predicted molar refractivity (Wildman–Crippen MR) is 111 cm³/mol. The lowest BCUT2D eigenvalue weighted by molar-refractivity contribution is -0.120. The number of nitrogens with one attached hydrogen (secondary N) is 2. The SMILES string of the molecule is CC(C)c1ccc(OCCNC(=O)CNC(=O)c2ccccc2I)cc1. The zero-order valence-corrected chi connectivity index (χ0v) is 17.1. The van der Waals surface area contributed by atoms with E-state index in [1.165, 1.54) is 5.56 Å². The summed E-state index contributed by atoms with van der Waals surface area (Å²) in [7, 11) is 0. The summed E-state index contributed by atoms with van der Waals surface area (Å²) in [6.07, 6.45) is 0. The lowest BCUT2D eigenvalue weighted by Crippen LogP contribution is -2.38. The summed E-state index contributed by atoms with van der Waals surface area (Å²) in [5.74, 6) is 0.753. The van der Waals surface area contributed by atoms with Crippen molar-refractivity contribution in [2.24, 2.45) is 0 Å². The van der Waals surface area contributed by atoms with Crippen LogP contribution in [-0.4, -0.2) is 31.5 Å². The Kier molecular flexibility index (Phi) is 7.90. The van der Waals surface area contributed by atoms with Gasteiger partial charge in [-0.05, 0) is 58.3 Å². The summed E-state index contributed by atoms with van der Waals surface area (Å²) in [6.45, 7) is 4.97. The third-order valence-electron chi connectivity index (χ3n) is 3.77. The van der Waals surface area contributed by atoms with Crippen molar-refractivity contribution in [3.05, 3.63) is 63.2 Å². The quantitative estimate of drug-likeness (QED) is 0.464. The average Bonchev–Trinajstić information content (AvgIpc) is 2.64. The van der Waals surface area contributed by atoms with E-state index in [9.17, 15) is 9.59 Å². The molecule has 2 aromatic carbocycles. The molecule has 0 radical (unpaired) electrons. The van der Waals surface area contributed by atoms with Gasteiger partial charge >= 0.3 is 0 Å². The van der Waals surface area contributed by atoms with Crippen molar-refractivity contribution in [1.29, 1.82) is 0 Å². The molecule has 138 valence electrons. The van der Waals surface area contributed by atoms with Gasteiger partial charge in [0.2, 0.25) is 5.91 Å². The van der Waals surface area contributed by atoms with Crippen molar-refractivity contribution >= 4 is 34.4 Å². The van der Waals surface area contributed by atoms with Crippen LogP contribution in [0.5, 0.6) is 5.75 Å². The molecule has 0 aliphatic heterocycles. The summed E-state index contributed by atoms with van der Waals surface area (Å²) in [5, 5.41) is 5.34. The Morgan fingerprint density at radius 2 is 1.73 bits per heavy atom. The van der Waals surface area contributed by atoms with Crippen molar-refractivity contribution in [3.63, 3.8) is 0 Å². The van der Waals surface area contributed by atoms with E-state index in [4.69, 9.17) is 4.74 Å². The molecule has 0 unspecified atom stereocenters. The summed E-state index contributed by atoms with van der Waals surface area (Å²) >= 11 is 2.09. The fourth-order valence-corrected chi connectivity index (χ4v) is 2.90. The molecule has 0 atom stereocenters. The number of hydrogen-bond acceptors (Lipinski definition) is 3. The molecule has 0 bridgehead atoms. The third-order valence-corrected chi connectivity index (χ3v) is 4.71. The highest BCUT2D eigenvalue weighted by Gasteiger charge is 2.10. The first-order valence-corrected chi connectivity index (χ1v) is 9.57. The van der Waals surface area contributed by atoms with Crippen LogP contribution in [0.2, 0.25) is 0 Å². The molecule has 0 fully saturated rings. The van der Waals surface area contributed by atoms with Gasteiger partial charge in [-0.1, -0.05) is 38.1 Å². The zero-order chi connectivity index (χ0) is 18.9. The molecule has 0 aliphatic carbocycles. The number of carbonyl (C=O) groups is 2. The summed E-state index contributed by atoms with van der Waals surface area (Å²) in [6, 6.07) is 15.2. The van der Waals surface area contributed by atoms with Crippen molar-refractivity contribution in [2.45, 2.75) is 19.8 Å². The second-order valence-electron chi connectivity index (χ2n) is 6.08. The Morgan fingerprint density at radius 1 is 1.04 bits per heavy atom. The second kappa shape index (κ2) is 10.2. The predicted octanol–water partition coefficient (Wildman–Crippen LogP) is 3.34. The van der Waals surface area contributed by atoms with E-state index >= 15 is 0 Å². The second-order valence-corrected chi connectivity index (χ2v) is 7.25. The molecule has 2 amide bonds. The van der Waals surface area contributed by atoms with Gasteiger partial charge in [-0.3, -0.25) is 9.59 Å². The summed E-state index contributed by atoms with van der Waals surface area (Å²) < 4.78 is 6.45. The van der Waals surface area contributed by atoms with Crippen molar-refractivity contribution in [2.75, 3.05) is 19.7 Å². The first kappa shape index (κ1) is 20.2. The monoisotopic (exact) mass is 466 g/mol. The minimum absolute atomic E-state index is 0.0626. The fraction of sp³-hybridized carbons (Fsp3) is 0.300. The highest BCUT2D eigenvalue weighted by molar-refractivity contribution is 14.1. The Hall–Kier alpha value is -2.09. The Bertz CT molecular complexity index is 745. The number of carbonyl (C=O) groups excluding carboxylic acids is 2. The van der Waals surface area contributed by atoms with Gasteiger partial charge in [-0.15, -0.1) is 0 Å². The van der Waals surface area contributed by atoms with Crippen LogP contribution < -0.4 is 15.4 Å². The number of halogens is 1. The minimum atomic E-state index is -0.258. The third kappa shape index (κ3) is 6.33. The van der Waals surface area contributed by atoms with E-state index < -0.39 is 0 Å². The molecule has 0 saturated heterocycles. The molecule has 5 nitrogen and oxygen atoms in total. The fourth-order valence-electron chi connectivity index (χ4n) is 2.27. The van der Waals surface area contributed by atoms with Crippen LogP contribution in [0, 0.1) is 3.57 Å². The lowest BCUT2D eigenvalue weighted by Gasteiger charge is -2.10. The van der Waals surface area contributed by atoms with E-state index in [2.05, 4.69) is 47.1 Å². The Morgan fingerprint density at radius 3 is 2.38 bits per heavy atom. The van der Waals surface area contributed by atoms with Crippen LogP contribution in [0.4, 0.5) is 0 Å². The number of ether oxygens (including phenoxy) is 1. The maximum Gasteiger partial charge on any atom is 0.252 e. The van der Waals surface area contributed by atoms with Crippen LogP contribution in [0.25, 0.3) is 0 Å². The van der Waals surface area contributed by atoms with Crippen molar-refractivity contribution < 1.29 is 14.3 Å². The standard InChI is InChI=1S/C20H23IN2O3/c1-14(2)15-7-9-16(10-8-15)26-12-11-22-19(24)13-23-20(25)17-5-3-4-6-18(17)21/h3-10,14H,11-13H2,1-2H3,(H,22,24)(H,23,25). The molecule has 2 aromatic rings. The van der Waals surface area contributed by atoms with Gasteiger partial charge in [0.25, 0.3) is 5.91 Å². The van der Waals surface area contributed by atoms with Crippen LogP contribution in [-0.2, 0) is 4.79 Å². The van der Waals surface area contributed by atoms with Gasteiger partial charge in [0, 0.05) is 3.57 Å². The number of hydrogen-bond donors (Lipinski definition) is 2. The van der Waals surface area contributed by atoms with Crippen LogP contribution >= 0.6 is 22.6 Å². The highest BCUT2D eigenvalue weighted by Crippen LogP contribution is 2.18. The first-order chi connectivity index (χ1) is 12.5. The molecular weight excluding hydrogens is 443 g/mol. The first-order valence-electron chi connectivity index (χ1n) is 8.49. The molecule has 6 heteroatoms. The molecule has 0 spiro atoms. The number of amides is 2. The van der Waals surface area contributed by atoms with E-state index in [0.29, 0.717) is 24.6 Å². The topological polar surface area (TPSA) is 67.4 Å². The van der Waals surface area contributed by atoms with Gasteiger partial charge in [-0.2, -0.15) is 0 Å². The van der Waals surface area contributed by atoms with E-state index in [-0.39, 0.29) is 18.4 Å². The molecule has 2 N–H and O–H groups in total. The molecule has 26 heavy (non-hydrogen) atoms. The molecule has 0 heterocycles. The normalized spacial score (nSPS) is 10.5. The van der Waals surface area contributed by atoms with Gasteiger partial charge in [0.1, 0.15) is 12.4 Å². The van der Waals surface area contributed by atoms with E-state index in [1.807, 2.05) is 36.4 Å². The maximum atomic E-state index is 12.0. The van der Waals surface area contributed by atoms with E-state index in [0.717, 1.165) is 9.32 Å². The maximum absolute atomic E-state index is 12.0. The molecule has 0 aliphatic rings. The van der Waals surface area contributed by atoms with E-state index in [1.54, 1.807) is 12.1 Å². The van der Waals surface area contributed by atoms with Crippen LogP contribution in [0.1, 0.15) is 35.7 Å². The molecule has 0 aromatic heterocycles. The van der Waals surface area contributed by atoms with Gasteiger partial charge < -0.3 is 15.4 Å². The number of rotatable bonds is 8. The Balaban J connectivity index is 1.66. The van der Waals surface area contributed by atoms with Crippen molar-refractivity contribution in [3.8, 4) is 5.75 Å². The highest BCUT2D eigenvalue weighted by atomic mass is 127. The Labute approximate surface area is 167 Å². The largest absolute Gasteiger partial charge is 0.492 e. The summed E-state index contributed by atoms with van der Waals surface area (Å²) in [4.78, 5) is 23.9. The average molecular weight is 466 g/mol. The smallest absolute Gasteiger partial charge is 0.252 e. The molecule has 2 rings (SSSR count). The summed E-state index contributed by atoms with van der Waals surface area (Å²) in [5.41, 5.74) is 1.82. The van der Waals surface area contributed by atoms with Crippen LogP contribution in [0.15, 0.2) is 48.5 Å². The van der Waals surface area contributed by atoms with Gasteiger partial charge in [0.05, 0.1) is 18.7 Å². The van der Waals surface area contributed by atoms with Crippen LogP contribution in [0.3, 0.4) is 0 Å². The van der Waals surface area contributed by atoms with Gasteiger partial charge in [0.15, 0.2) is 0 Å². The molecule has 0 saturated carbocycles.